The van der Waals surface area contributed by atoms with Gasteiger partial charge in [0.25, 0.3) is 11.6 Å². The lowest BCUT2D eigenvalue weighted by atomic mass is 9.98. The zero-order valence-corrected chi connectivity index (χ0v) is 13.6. The third kappa shape index (κ3) is 4.07. The van der Waals surface area contributed by atoms with Crippen LogP contribution in [0.5, 0.6) is 0 Å². The molecule has 1 atom stereocenters. The first-order valence-corrected chi connectivity index (χ1v) is 7.65. The number of anilines is 1. The summed E-state index contributed by atoms with van der Waals surface area (Å²) in [6.45, 7) is 4.24. The minimum absolute atomic E-state index is 0.0616. The van der Waals surface area contributed by atoms with Gasteiger partial charge in [-0.05, 0) is 42.2 Å². The Morgan fingerprint density at radius 3 is 2.48 bits per heavy atom. The van der Waals surface area contributed by atoms with Crippen molar-refractivity contribution in [2.24, 2.45) is 0 Å². The Hall–Kier alpha value is -2.40. The topological polar surface area (TPSA) is 72.2 Å². The fourth-order valence-electron chi connectivity index (χ4n) is 2.18. The van der Waals surface area contributed by atoms with Crippen LogP contribution in [0, 0.1) is 10.1 Å². The number of benzene rings is 2. The van der Waals surface area contributed by atoms with Gasteiger partial charge in [-0.25, -0.2) is 0 Å². The molecule has 2 rings (SSSR count). The Morgan fingerprint density at radius 2 is 1.91 bits per heavy atom. The second kappa shape index (κ2) is 7.24. The van der Waals surface area contributed by atoms with Crippen LogP contribution in [-0.4, -0.2) is 10.8 Å². The van der Waals surface area contributed by atoms with Crippen LogP contribution in [0.25, 0.3) is 0 Å². The van der Waals surface area contributed by atoms with E-state index in [0.29, 0.717) is 11.6 Å². The van der Waals surface area contributed by atoms with Crippen LogP contribution in [0.3, 0.4) is 0 Å². The SMILES string of the molecule is CC[C@H](C)c1ccc(NC(=O)c2cc(Cl)ccc2[N+](=O)[O-])cc1. The summed E-state index contributed by atoms with van der Waals surface area (Å²) in [4.78, 5) is 22.7. The third-order valence-corrected chi connectivity index (χ3v) is 3.98. The van der Waals surface area contributed by atoms with Crippen LogP contribution in [0.15, 0.2) is 42.5 Å². The highest BCUT2D eigenvalue weighted by Gasteiger charge is 2.20. The van der Waals surface area contributed by atoms with E-state index in [0.717, 1.165) is 6.42 Å². The van der Waals surface area contributed by atoms with Gasteiger partial charge >= 0.3 is 0 Å². The molecule has 0 radical (unpaired) electrons. The first kappa shape index (κ1) is 17.0. The molecule has 23 heavy (non-hydrogen) atoms. The van der Waals surface area contributed by atoms with Crippen molar-refractivity contribution >= 4 is 28.9 Å². The second-order valence-electron chi connectivity index (χ2n) is 5.30. The molecule has 0 aliphatic rings. The molecule has 0 unspecified atom stereocenters. The summed E-state index contributed by atoms with van der Waals surface area (Å²) in [5.74, 6) is -0.121. The number of hydrogen-bond donors (Lipinski definition) is 1. The lowest BCUT2D eigenvalue weighted by Crippen LogP contribution is -2.14. The van der Waals surface area contributed by atoms with Crippen molar-refractivity contribution in [1.82, 2.24) is 0 Å². The summed E-state index contributed by atoms with van der Waals surface area (Å²) in [7, 11) is 0. The van der Waals surface area contributed by atoms with Crippen molar-refractivity contribution in [3.63, 3.8) is 0 Å². The lowest BCUT2D eigenvalue weighted by Gasteiger charge is -2.10. The largest absolute Gasteiger partial charge is 0.322 e. The Balaban J connectivity index is 2.22. The van der Waals surface area contributed by atoms with Gasteiger partial charge in [-0.3, -0.25) is 14.9 Å². The molecule has 5 nitrogen and oxygen atoms in total. The van der Waals surface area contributed by atoms with Gasteiger partial charge in [-0.1, -0.05) is 37.6 Å². The van der Waals surface area contributed by atoms with Gasteiger partial charge in [0, 0.05) is 16.8 Å². The monoisotopic (exact) mass is 332 g/mol. The number of hydrogen-bond acceptors (Lipinski definition) is 3. The average molecular weight is 333 g/mol. The number of amides is 1. The van der Waals surface area contributed by atoms with E-state index in [4.69, 9.17) is 11.6 Å². The normalized spacial score (nSPS) is 11.8. The Labute approximate surface area is 139 Å². The zero-order chi connectivity index (χ0) is 17.0. The Morgan fingerprint density at radius 1 is 1.26 bits per heavy atom. The number of carbonyl (C=O) groups excluding carboxylic acids is 1. The number of nitro benzene ring substituents is 1. The molecule has 2 aromatic carbocycles. The van der Waals surface area contributed by atoms with Gasteiger partial charge in [-0.15, -0.1) is 0 Å². The number of nitrogens with zero attached hydrogens (tertiary/aromatic N) is 1. The van der Waals surface area contributed by atoms with Crippen molar-refractivity contribution in [2.45, 2.75) is 26.2 Å². The number of nitrogens with one attached hydrogen (secondary N) is 1. The Bertz CT molecular complexity index is 729. The van der Waals surface area contributed by atoms with Crippen LogP contribution in [0.4, 0.5) is 11.4 Å². The van der Waals surface area contributed by atoms with Crippen LogP contribution in [0.2, 0.25) is 5.02 Å². The van der Waals surface area contributed by atoms with E-state index in [1.807, 2.05) is 12.1 Å². The van der Waals surface area contributed by atoms with Crippen molar-refractivity contribution < 1.29 is 9.72 Å². The van der Waals surface area contributed by atoms with Gasteiger partial charge in [0.1, 0.15) is 5.56 Å². The summed E-state index contributed by atoms with van der Waals surface area (Å²) >= 11 is 5.84. The highest BCUT2D eigenvalue weighted by atomic mass is 35.5. The molecule has 0 aliphatic carbocycles. The minimum atomic E-state index is -0.600. The van der Waals surface area contributed by atoms with E-state index >= 15 is 0 Å². The van der Waals surface area contributed by atoms with E-state index in [9.17, 15) is 14.9 Å². The van der Waals surface area contributed by atoms with E-state index in [-0.39, 0.29) is 16.3 Å². The number of rotatable bonds is 5. The molecule has 120 valence electrons. The molecule has 0 aromatic heterocycles. The van der Waals surface area contributed by atoms with Crippen LogP contribution < -0.4 is 5.32 Å². The van der Waals surface area contributed by atoms with Crippen LogP contribution in [-0.2, 0) is 0 Å². The molecule has 1 amide bonds. The molecule has 0 spiro atoms. The standard InChI is InChI=1S/C17H17ClN2O3/c1-3-11(2)12-4-7-14(8-5-12)19-17(21)15-10-13(18)6-9-16(15)20(22)23/h4-11H,3H2,1-2H3,(H,19,21)/t11-/m0/s1. The minimum Gasteiger partial charge on any atom is -0.322 e. The van der Waals surface area contributed by atoms with Crippen LogP contribution in [0.1, 0.15) is 42.1 Å². The maximum Gasteiger partial charge on any atom is 0.282 e. The molecule has 6 heteroatoms. The molecule has 1 N–H and O–H groups in total. The van der Waals surface area contributed by atoms with Crippen molar-refractivity contribution in [3.05, 3.63) is 68.7 Å². The van der Waals surface area contributed by atoms with Gasteiger partial charge in [0.2, 0.25) is 0 Å². The maximum absolute atomic E-state index is 12.3. The second-order valence-corrected chi connectivity index (χ2v) is 5.74. The zero-order valence-electron chi connectivity index (χ0n) is 12.9. The molecule has 2 aromatic rings. The van der Waals surface area contributed by atoms with Crippen LogP contribution >= 0.6 is 11.6 Å². The van der Waals surface area contributed by atoms with Crippen molar-refractivity contribution in [3.8, 4) is 0 Å². The van der Waals surface area contributed by atoms with E-state index in [1.165, 1.54) is 23.8 Å². The van der Waals surface area contributed by atoms with Gasteiger partial charge in [-0.2, -0.15) is 0 Å². The van der Waals surface area contributed by atoms with Crippen molar-refractivity contribution in [1.29, 1.82) is 0 Å². The number of halogens is 1. The smallest absolute Gasteiger partial charge is 0.282 e. The Kier molecular flexibility index (Phi) is 5.34. The van der Waals surface area contributed by atoms with Gasteiger partial charge < -0.3 is 5.32 Å². The summed E-state index contributed by atoms with van der Waals surface area (Å²) < 4.78 is 0. The molecular formula is C17H17ClN2O3. The summed E-state index contributed by atoms with van der Waals surface area (Å²) in [5.41, 5.74) is 1.42. The van der Waals surface area contributed by atoms with E-state index < -0.39 is 10.8 Å². The van der Waals surface area contributed by atoms with E-state index in [1.54, 1.807) is 12.1 Å². The highest BCUT2D eigenvalue weighted by molar-refractivity contribution is 6.31. The van der Waals surface area contributed by atoms with Gasteiger partial charge in [0.15, 0.2) is 0 Å². The summed E-state index contributed by atoms with van der Waals surface area (Å²) in [6, 6.07) is 11.4. The number of nitro groups is 1. The molecular weight excluding hydrogens is 316 g/mol. The first-order chi connectivity index (χ1) is 10.9. The maximum atomic E-state index is 12.3. The predicted octanol–water partition coefficient (Wildman–Crippen LogP) is 5.01. The van der Waals surface area contributed by atoms with Crippen molar-refractivity contribution in [2.75, 3.05) is 5.32 Å². The molecule has 0 bridgehead atoms. The quantitative estimate of drug-likeness (QED) is 0.617. The highest BCUT2D eigenvalue weighted by Crippen LogP contribution is 2.25. The third-order valence-electron chi connectivity index (χ3n) is 3.75. The molecule has 0 saturated heterocycles. The molecule has 0 aliphatic heterocycles. The van der Waals surface area contributed by atoms with Gasteiger partial charge in [0.05, 0.1) is 4.92 Å². The molecule has 0 saturated carbocycles. The first-order valence-electron chi connectivity index (χ1n) is 7.27. The summed E-state index contributed by atoms with van der Waals surface area (Å²) in [5, 5.41) is 14.0. The molecule has 0 fully saturated rings. The average Bonchev–Trinajstić information content (AvgIpc) is 2.54. The predicted molar refractivity (Wildman–Crippen MR) is 91.2 cm³/mol. The fourth-order valence-corrected chi connectivity index (χ4v) is 2.35. The fraction of sp³-hybridized carbons (Fsp3) is 0.235. The number of carbonyl (C=O) groups is 1. The summed E-state index contributed by atoms with van der Waals surface area (Å²) in [6.07, 6.45) is 1.03. The lowest BCUT2D eigenvalue weighted by molar-refractivity contribution is -0.385. The van der Waals surface area contributed by atoms with E-state index in [2.05, 4.69) is 19.2 Å². The molecule has 0 heterocycles.